The van der Waals surface area contributed by atoms with E-state index in [0.717, 1.165) is 43.0 Å². The Bertz CT molecular complexity index is 1120. The molecule has 1 N–H and O–H groups in total. The van der Waals surface area contributed by atoms with Crippen molar-refractivity contribution in [3.63, 3.8) is 0 Å². The predicted molar refractivity (Wildman–Crippen MR) is 110 cm³/mol. The first-order chi connectivity index (χ1) is 15.6. The number of esters is 1. The van der Waals surface area contributed by atoms with E-state index in [4.69, 9.17) is 4.74 Å². The van der Waals surface area contributed by atoms with E-state index in [2.05, 4.69) is 35.5 Å². The van der Waals surface area contributed by atoms with Gasteiger partial charge in [-0.15, -0.1) is 5.10 Å². The van der Waals surface area contributed by atoms with Crippen LogP contribution >= 0.6 is 0 Å². The number of carbonyl (C=O) groups is 1. The number of aliphatic hydroxyl groups excluding tert-OH is 1. The van der Waals surface area contributed by atoms with Crippen LogP contribution in [0.25, 0.3) is 11.5 Å². The molecule has 0 aromatic carbocycles. The summed E-state index contributed by atoms with van der Waals surface area (Å²) < 4.78 is 8.17. The van der Waals surface area contributed by atoms with Crippen molar-refractivity contribution in [1.82, 2.24) is 44.9 Å². The molecule has 0 unspecified atom stereocenters. The van der Waals surface area contributed by atoms with Gasteiger partial charge in [0.15, 0.2) is 11.6 Å². The highest BCUT2D eigenvalue weighted by atomic mass is 16.5. The van der Waals surface area contributed by atoms with Crippen molar-refractivity contribution in [1.29, 1.82) is 0 Å². The third kappa shape index (κ3) is 4.01. The predicted octanol–water partition coefficient (Wildman–Crippen LogP) is 0.350. The third-order valence-corrected chi connectivity index (χ3v) is 5.99. The summed E-state index contributed by atoms with van der Waals surface area (Å²) in [6.07, 6.45) is 5.95. The molecular weight excluding hydrogens is 414 g/mol. The van der Waals surface area contributed by atoms with E-state index in [1.165, 1.54) is 11.0 Å². The second kappa shape index (κ2) is 8.55. The molecular formula is C20H23N9O3. The second-order valence-corrected chi connectivity index (χ2v) is 7.99. The largest absolute Gasteiger partial charge is 0.456 e. The fourth-order valence-electron chi connectivity index (χ4n) is 4.02. The molecule has 0 spiro atoms. The molecule has 0 saturated carbocycles. The van der Waals surface area contributed by atoms with E-state index in [9.17, 15) is 9.90 Å². The maximum Gasteiger partial charge on any atom is 0.336 e. The first-order valence-corrected chi connectivity index (χ1v) is 10.5. The molecule has 1 fully saturated rings. The van der Waals surface area contributed by atoms with E-state index in [0.29, 0.717) is 17.9 Å². The number of piperidine rings is 1. The Morgan fingerprint density at radius 3 is 2.69 bits per heavy atom. The van der Waals surface area contributed by atoms with Gasteiger partial charge in [0, 0.05) is 24.2 Å². The summed E-state index contributed by atoms with van der Waals surface area (Å²) >= 11 is 0. The number of ether oxygens (including phenoxy) is 1. The molecule has 166 valence electrons. The summed E-state index contributed by atoms with van der Waals surface area (Å²) in [5.41, 5.74) is 2.07. The highest BCUT2D eigenvalue weighted by Gasteiger charge is 2.27. The minimum Gasteiger partial charge on any atom is -0.456 e. The van der Waals surface area contributed by atoms with E-state index >= 15 is 0 Å². The number of pyridine rings is 1. The molecule has 5 heterocycles. The van der Waals surface area contributed by atoms with Crippen molar-refractivity contribution in [3.05, 3.63) is 47.9 Å². The smallest absolute Gasteiger partial charge is 0.336 e. The Balaban J connectivity index is 1.15. The number of β-amino-alcohol motifs (C(OH)–C–C–N with tert-alkyl or cyclic N) is 1. The zero-order chi connectivity index (χ0) is 22.1. The van der Waals surface area contributed by atoms with Crippen LogP contribution in [-0.2, 0) is 9.53 Å². The van der Waals surface area contributed by atoms with Gasteiger partial charge in [0.1, 0.15) is 19.3 Å². The molecule has 3 aromatic rings. The van der Waals surface area contributed by atoms with Gasteiger partial charge in [-0.25, -0.2) is 19.4 Å². The molecule has 32 heavy (non-hydrogen) atoms. The second-order valence-electron chi connectivity index (χ2n) is 7.99. The molecule has 0 amide bonds. The number of hydrogen-bond donors (Lipinski definition) is 1. The number of carbonyl (C=O) groups excluding carboxylic acids is 1. The highest BCUT2D eigenvalue weighted by molar-refractivity contribution is 5.97. The van der Waals surface area contributed by atoms with Crippen LogP contribution in [0.1, 0.15) is 43.2 Å². The fourth-order valence-corrected chi connectivity index (χ4v) is 4.02. The summed E-state index contributed by atoms with van der Waals surface area (Å²) in [5, 5.41) is 26.2. The zero-order valence-electron chi connectivity index (χ0n) is 17.6. The summed E-state index contributed by atoms with van der Waals surface area (Å²) in [5.74, 6) is 1.33. The van der Waals surface area contributed by atoms with Crippen molar-refractivity contribution in [2.45, 2.75) is 31.8 Å². The molecule has 3 aromatic heterocycles. The van der Waals surface area contributed by atoms with Gasteiger partial charge in [0.2, 0.25) is 0 Å². The van der Waals surface area contributed by atoms with Crippen LogP contribution in [0.5, 0.6) is 0 Å². The molecule has 12 nitrogen and oxygen atoms in total. The first-order valence-electron chi connectivity index (χ1n) is 10.5. The van der Waals surface area contributed by atoms with Crippen molar-refractivity contribution in [3.8, 4) is 5.82 Å². The highest BCUT2D eigenvalue weighted by Crippen LogP contribution is 2.28. The number of nitrogens with zero attached hydrogens (tertiary/aromatic N) is 9. The van der Waals surface area contributed by atoms with E-state index < -0.39 is 6.10 Å². The Morgan fingerprint density at radius 1 is 1.19 bits per heavy atom. The van der Waals surface area contributed by atoms with Crippen LogP contribution in [0, 0.1) is 0 Å². The van der Waals surface area contributed by atoms with Gasteiger partial charge in [0.05, 0.1) is 17.4 Å². The number of likely N-dealkylation sites (tertiary alicyclic amines) is 1. The zero-order valence-corrected chi connectivity index (χ0v) is 17.6. The molecule has 12 heteroatoms. The molecule has 2 aliphatic rings. The lowest BCUT2D eigenvalue weighted by Crippen LogP contribution is -2.36. The molecule has 1 saturated heterocycles. The number of aromatic nitrogens is 8. The topological polar surface area (TPSA) is 137 Å². The van der Waals surface area contributed by atoms with Crippen LogP contribution in [-0.4, -0.2) is 82.2 Å². The molecule has 1 atom stereocenters. The SMILES string of the molecule is CC1=C(n2cnc(C3CCN(C[C@@H](O)c4ccc(-n5cnnn5)nc4)CC3)n2)COC1=O. The first kappa shape index (κ1) is 20.4. The van der Waals surface area contributed by atoms with Gasteiger partial charge >= 0.3 is 5.97 Å². The number of rotatable bonds is 6. The number of hydrogen-bond acceptors (Lipinski definition) is 10. The minimum absolute atomic E-state index is 0.232. The van der Waals surface area contributed by atoms with E-state index in [-0.39, 0.29) is 18.5 Å². The van der Waals surface area contributed by atoms with Crippen LogP contribution in [0.15, 0.2) is 36.6 Å². The average molecular weight is 437 g/mol. The lowest BCUT2D eigenvalue weighted by Gasteiger charge is -2.32. The van der Waals surface area contributed by atoms with Crippen LogP contribution < -0.4 is 0 Å². The van der Waals surface area contributed by atoms with Crippen molar-refractivity contribution in [2.75, 3.05) is 26.2 Å². The van der Waals surface area contributed by atoms with Crippen molar-refractivity contribution in [2.24, 2.45) is 0 Å². The quantitative estimate of drug-likeness (QED) is 0.538. The standard InChI is InChI=1S/C20H23N9O3/c1-13-16(10-32-20(13)31)28-11-22-19(24-28)14-4-6-27(7-5-14)9-17(30)15-2-3-18(21-8-15)29-12-23-25-26-29/h2-3,8,11-12,14,17,30H,4-7,9-10H2,1H3/t17-/m1/s1. The van der Waals surface area contributed by atoms with Gasteiger partial charge in [-0.3, -0.25) is 0 Å². The van der Waals surface area contributed by atoms with Gasteiger partial charge in [-0.1, -0.05) is 6.07 Å². The average Bonchev–Trinajstić information content (AvgIpc) is 3.57. The molecule has 0 radical (unpaired) electrons. The van der Waals surface area contributed by atoms with Gasteiger partial charge in [-0.2, -0.15) is 9.78 Å². The number of tetrazole rings is 1. The van der Waals surface area contributed by atoms with Gasteiger partial charge in [-0.05, 0) is 49.3 Å². The summed E-state index contributed by atoms with van der Waals surface area (Å²) in [6, 6.07) is 3.62. The third-order valence-electron chi connectivity index (χ3n) is 5.99. The molecule has 0 aliphatic carbocycles. The lowest BCUT2D eigenvalue weighted by atomic mass is 9.95. The Kier molecular flexibility index (Phi) is 5.45. The maximum atomic E-state index is 11.6. The van der Waals surface area contributed by atoms with Gasteiger partial charge < -0.3 is 14.7 Å². The number of cyclic esters (lactones) is 1. The Hall–Kier alpha value is -3.51. The van der Waals surface area contributed by atoms with E-state index in [1.54, 1.807) is 30.2 Å². The maximum absolute atomic E-state index is 11.6. The lowest BCUT2D eigenvalue weighted by molar-refractivity contribution is -0.135. The van der Waals surface area contributed by atoms with Crippen molar-refractivity contribution < 1.29 is 14.6 Å². The Labute approximate surface area is 183 Å². The Morgan fingerprint density at radius 2 is 2.03 bits per heavy atom. The van der Waals surface area contributed by atoms with Crippen LogP contribution in [0.3, 0.4) is 0 Å². The van der Waals surface area contributed by atoms with Crippen LogP contribution in [0.2, 0.25) is 0 Å². The fraction of sp³-hybridized carbons (Fsp3) is 0.450. The molecule has 2 aliphatic heterocycles. The monoisotopic (exact) mass is 437 g/mol. The molecule has 0 bridgehead atoms. The summed E-state index contributed by atoms with van der Waals surface area (Å²) in [4.78, 5) is 22.6. The summed E-state index contributed by atoms with van der Waals surface area (Å²) in [6.45, 7) is 4.19. The van der Waals surface area contributed by atoms with Gasteiger partial charge in [0.25, 0.3) is 0 Å². The number of aliphatic hydroxyl groups is 1. The van der Waals surface area contributed by atoms with Crippen molar-refractivity contribution >= 4 is 11.7 Å². The normalized spacial score (nSPS) is 18.9. The minimum atomic E-state index is -0.630. The summed E-state index contributed by atoms with van der Waals surface area (Å²) in [7, 11) is 0. The van der Waals surface area contributed by atoms with Crippen LogP contribution in [0.4, 0.5) is 0 Å². The van der Waals surface area contributed by atoms with E-state index in [1.807, 2.05) is 6.07 Å². The molecule has 5 rings (SSSR count).